The second-order valence-electron chi connectivity index (χ2n) is 9.97. The molecule has 3 aromatic rings. The number of rotatable bonds is 9. The van der Waals surface area contributed by atoms with Crippen LogP contribution in [-0.2, 0) is 4.79 Å². The molecule has 2 aliphatic rings. The highest BCUT2D eigenvalue weighted by Gasteiger charge is 2.41. The zero-order valence-corrected chi connectivity index (χ0v) is 22.0. The van der Waals surface area contributed by atoms with Gasteiger partial charge in [-0.15, -0.1) is 0 Å². The molecule has 0 bridgehead atoms. The number of aromatic nitrogens is 1. The third-order valence-corrected chi connectivity index (χ3v) is 7.16. The summed E-state index contributed by atoms with van der Waals surface area (Å²) in [5.74, 6) is -5.66. The molecule has 2 aromatic carbocycles. The molecule has 13 heteroatoms. The van der Waals surface area contributed by atoms with Crippen LogP contribution in [0.4, 0.5) is 14.5 Å². The predicted molar refractivity (Wildman–Crippen MR) is 146 cm³/mol. The maximum Gasteiger partial charge on any atom is 0.329 e. The van der Waals surface area contributed by atoms with Gasteiger partial charge in [0.15, 0.2) is 17.3 Å². The zero-order chi connectivity index (χ0) is 29.3. The third-order valence-electron chi connectivity index (χ3n) is 7.16. The lowest BCUT2D eigenvalue weighted by Crippen LogP contribution is -2.43. The van der Waals surface area contributed by atoms with E-state index >= 15 is 4.39 Å². The minimum Gasteiger partial charge on any atom is -0.504 e. The van der Waals surface area contributed by atoms with Crippen molar-refractivity contribution >= 4 is 23.7 Å². The number of nitrogen functional groups attached to an aromatic ring is 1. The maximum atomic E-state index is 15.6. The van der Waals surface area contributed by atoms with Crippen LogP contribution in [-0.4, -0.2) is 57.2 Å². The fraction of sp³-hybridized carbons (Fsp3) is 0.286. The highest BCUT2D eigenvalue weighted by atomic mass is 19.1. The lowest BCUT2D eigenvalue weighted by atomic mass is 9.97. The van der Waals surface area contributed by atoms with Crippen molar-refractivity contribution in [1.82, 2.24) is 9.88 Å². The molecule has 1 aliphatic heterocycles. The number of carbonyl (C=O) groups is 1. The molecule has 1 aliphatic carbocycles. The van der Waals surface area contributed by atoms with E-state index < -0.39 is 40.9 Å². The largest absolute Gasteiger partial charge is 0.504 e. The molecule has 5 rings (SSSR count). The monoisotopic (exact) mass is 566 g/mol. The van der Waals surface area contributed by atoms with Gasteiger partial charge in [-0.1, -0.05) is 12.8 Å². The Labute approximate surface area is 233 Å². The molecule has 2 heterocycles. The lowest BCUT2D eigenvalue weighted by molar-refractivity contribution is -0.142. The SMILES string of the molecule is CN1CC=NC1c1cc(NC2(C(=O)O)CCCC2)ccc1Oc1c(F)cnc(Oc2cc(C(=N)N)ccc2O)c1F. The number of halogens is 2. The summed E-state index contributed by atoms with van der Waals surface area (Å²) < 4.78 is 41.6. The van der Waals surface area contributed by atoms with Crippen molar-refractivity contribution in [2.75, 3.05) is 18.9 Å². The van der Waals surface area contributed by atoms with E-state index in [1.165, 1.54) is 24.3 Å². The number of anilines is 1. The topological polar surface area (TPSA) is 166 Å². The van der Waals surface area contributed by atoms with Gasteiger partial charge in [0.2, 0.25) is 11.6 Å². The van der Waals surface area contributed by atoms with E-state index in [1.807, 2.05) is 11.9 Å². The Kier molecular flexibility index (Phi) is 7.45. The number of aliphatic carboxylic acids is 1. The number of amidine groups is 1. The van der Waals surface area contributed by atoms with Gasteiger partial charge in [-0.25, -0.2) is 14.2 Å². The van der Waals surface area contributed by atoms with E-state index in [2.05, 4.69) is 15.3 Å². The summed E-state index contributed by atoms with van der Waals surface area (Å²) in [5.41, 5.74) is 5.54. The molecule has 6 N–H and O–H groups in total. The van der Waals surface area contributed by atoms with Gasteiger partial charge in [0.25, 0.3) is 5.88 Å². The normalized spacial score (nSPS) is 17.9. The van der Waals surface area contributed by atoms with E-state index in [0.717, 1.165) is 12.8 Å². The number of nitrogens with two attached hydrogens (primary N) is 1. The molecule has 1 unspecified atom stereocenters. The van der Waals surface area contributed by atoms with Crippen molar-refractivity contribution in [3.8, 4) is 28.9 Å². The van der Waals surface area contributed by atoms with Gasteiger partial charge in [0, 0.05) is 29.6 Å². The number of benzene rings is 2. The summed E-state index contributed by atoms with van der Waals surface area (Å²) in [5, 5.41) is 30.7. The molecule has 41 heavy (non-hydrogen) atoms. The van der Waals surface area contributed by atoms with E-state index in [9.17, 15) is 19.4 Å². The van der Waals surface area contributed by atoms with Gasteiger partial charge in [-0.3, -0.25) is 15.3 Å². The number of pyridine rings is 1. The number of hydrogen-bond acceptors (Lipinski definition) is 9. The van der Waals surface area contributed by atoms with Crippen LogP contribution in [0.2, 0.25) is 0 Å². The van der Waals surface area contributed by atoms with Crippen molar-refractivity contribution in [3.63, 3.8) is 0 Å². The molecule has 11 nitrogen and oxygen atoms in total. The minimum atomic E-state index is -1.27. The highest BCUT2D eigenvalue weighted by molar-refractivity contribution is 5.95. The Hall–Kier alpha value is -4.78. The van der Waals surface area contributed by atoms with Crippen LogP contribution >= 0.6 is 0 Å². The molecular weight excluding hydrogens is 538 g/mol. The molecule has 214 valence electrons. The van der Waals surface area contributed by atoms with Gasteiger partial charge in [-0.05, 0) is 56.3 Å². The Morgan fingerprint density at radius 2 is 1.93 bits per heavy atom. The lowest BCUT2D eigenvalue weighted by Gasteiger charge is -2.28. The van der Waals surface area contributed by atoms with Crippen molar-refractivity contribution in [2.24, 2.45) is 10.7 Å². The second kappa shape index (κ2) is 11.0. The number of phenolic OH excluding ortho intramolecular Hbond substituents is 1. The average Bonchev–Trinajstić information content (AvgIpc) is 3.59. The molecule has 1 atom stereocenters. The fourth-order valence-electron chi connectivity index (χ4n) is 4.95. The van der Waals surface area contributed by atoms with Crippen LogP contribution in [0.15, 0.2) is 47.6 Å². The van der Waals surface area contributed by atoms with Crippen LogP contribution in [0.1, 0.15) is 43.0 Å². The van der Waals surface area contributed by atoms with E-state index in [-0.39, 0.29) is 28.6 Å². The first-order chi connectivity index (χ1) is 19.6. The van der Waals surface area contributed by atoms with Crippen LogP contribution in [0, 0.1) is 17.0 Å². The molecule has 0 spiro atoms. The van der Waals surface area contributed by atoms with Crippen LogP contribution in [0.5, 0.6) is 28.9 Å². The average molecular weight is 567 g/mol. The second-order valence-corrected chi connectivity index (χ2v) is 9.97. The van der Waals surface area contributed by atoms with Crippen molar-refractivity contribution in [1.29, 1.82) is 5.41 Å². The van der Waals surface area contributed by atoms with E-state index in [1.54, 1.807) is 18.3 Å². The first-order valence-electron chi connectivity index (χ1n) is 12.8. The molecule has 0 amide bonds. The predicted octanol–water partition coefficient (Wildman–Crippen LogP) is 4.76. The number of carboxylic acid groups (broad SMARTS) is 1. The first-order valence-corrected chi connectivity index (χ1v) is 12.8. The highest BCUT2D eigenvalue weighted by Crippen LogP contribution is 2.41. The summed E-state index contributed by atoms with van der Waals surface area (Å²) in [7, 11) is 1.82. The number of aromatic hydroxyl groups is 1. The molecule has 0 radical (unpaired) electrons. The Bertz CT molecular complexity index is 1540. The van der Waals surface area contributed by atoms with Crippen LogP contribution < -0.4 is 20.5 Å². The number of nitrogens with one attached hydrogen (secondary N) is 2. The summed E-state index contributed by atoms with van der Waals surface area (Å²) >= 11 is 0. The number of aliphatic imine (C=N–C) groups is 1. The fourth-order valence-corrected chi connectivity index (χ4v) is 4.95. The number of ether oxygens (including phenoxy) is 2. The third kappa shape index (κ3) is 5.48. The van der Waals surface area contributed by atoms with Crippen molar-refractivity contribution < 1.29 is 33.3 Å². The number of nitrogens with zero attached hydrogens (tertiary/aromatic N) is 3. The molecule has 1 aromatic heterocycles. The quantitative estimate of drug-likeness (QED) is 0.181. The van der Waals surface area contributed by atoms with E-state index in [4.69, 9.17) is 20.6 Å². The van der Waals surface area contributed by atoms with Crippen LogP contribution in [0.25, 0.3) is 0 Å². The van der Waals surface area contributed by atoms with Gasteiger partial charge >= 0.3 is 5.97 Å². The summed E-state index contributed by atoms with van der Waals surface area (Å²) in [4.78, 5) is 22.1. The number of carboxylic acids is 1. The van der Waals surface area contributed by atoms with Gasteiger partial charge in [0.05, 0.1) is 6.20 Å². The standard InChI is InChI=1S/C28H28F2N6O5/c1-36-11-10-33-25(36)17-13-16(35-28(27(38)39)8-2-3-9-28)5-7-20(17)40-23-18(29)14-34-26(22(23)30)41-21-12-15(24(31)32)4-6-19(21)37/h4-7,10,12-14,25,35,37H,2-3,8-9,11H2,1H3,(H3,31,32)(H,38,39). The maximum absolute atomic E-state index is 15.6. The Balaban J connectivity index is 1.50. The summed E-state index contributed by atoms with van der Waals surface area (Å²) in [6.45, 7) is 0.527. The zero-order valence-electron chi connectivity index (χ0n) is 22.0. The van der Waals surface area contributed by atoms with Crippen LogP contribution in [0.3, 0.4) is 0 Å². The van der Waals surface area contributed by atoms with Gasteiger partial charge in [0.1, 0.15) is 23.3 Å². The molecule has 1 saturated carbocycles. The molecular formula is C28H28F2N6O5. The Morgan fingerprint density at radius 3 is 2.59 bits per heavy atom. The van der Waals surface area contributed by atoms with Gasteiger partial charge in [-0.2, -0.15) is 4.39 Å². The minimum absolute atomic E-state index is 0.0821. The summed E-state index contributed by atoms with van der Waals surface area (Å²) in [6, 6.07) is 8.55. The van der Waals surface area contributed by atoms with E-state index in [0.29, 0.717) is 36.8 Å². The molecule has 0 saturated heterocycles. The first kappa shape index (κ1) is 27.8. The Morgan fingerprint density at radius 1 is 1.17 bits per heavy atom. The van der Waals surface area contributed by atoms with Gasteiger partial charge < -0.3 is 30.7 Å². The number of phenols is 1. The molecule has 1 fully saturated rings. The van der Waals surface area contributed by atoms with Crippen molar-refractivity contribution in [3.05, 3.63) is 65.4 Å². The number of hydrogen-bond donors (Lipinski definition) is 5. The van der Waals surface area contributed by atoms with Crippen molar-refractivity contribution in [2.45, 2.75) is 37.4 Å². The summed E-state index contributed by atoms with van der Waals surface area (Å²) in [6.07, 6.45) is 4.37. The smallest absolute Gasteiger partial charge is 0.329 e.